The molecule has 5 N–H and O–H groups in total. The van der Waals surface area contributed by atoms with Crippen LogP contribution in [0.25, 0.3) is 0 Å². The molecule has 3 unspecified atom stereocenters. The molecule has 230 valence electrons. The van der Waals surface area contributed by atoms with Gasteiger partial charge in [-0.2, -0.15) is 0 Å². The van der Waals surface area contributed by atoms with Crippen LogP contribution in [0.2, 0.25) is 5.02 Å². The summed E-state index contributed by atoms with van der Waals surface area (Å²) >= 11 is 6.41. The van der Waals surface area contributed by atoms with Crippen molar-refractivity contribution in [1.29, 1.82) is 0 Å². The average Bonchev–Trinajstić information content (AvgIpc) is 2.85. The maximum atomic E-state index is 14.3. The Labute approximate surface area is 252 Å². The number of rotatable bonds is 12. The second-order valence-corrected chi connectivity index (χ2v) is 12.3. The number of alkyl carbamates (subject to hydrolysis) is 1. The van der Waals surface area contributed by atoms with Crippen LogP contribution in [0.1, 0.15) is 78.0 Å². The molecule has 42 heavy (non-hydrogen) atoms. The lowest BCUT2D eigenvalue weighted by Crippen LogP contribution is -2.55. The third-order valence-corrected chi connectivity index (χ3v) is 6.78. The number of para-hydroxylation sites is 1. The summed E-state index contributed by atoms with van der Waals surface area (Å²) in [5.74, 6) is -1.96. The molecule has 0 bridgehead atoms. The molecule has 2 rings (SSSR count). The highest BCUT2D eigenvalue weighted by Gasteiger charge is 2.40. The van der Waals surface area contributed by atoms with Crippen molar-refractivity contribution in [2.45, 2.75) is 91.5 Å². The van der Waals surface area contributed by atoms with E-state index < -0.39 is 54.0 Å². The Kier molecular flexibility index (Phi) is 12.2. The topological polar surface area (TPSA) is 151 Å². The smallest absolute Gasteiger partial charge is 0.408 e. The van der Waals surface area contributed by atoms with Gasteiger partial charge < -0.3 is 31.1 Å². The van der Waals surface area contributed by atoms with Gasteiger partial charge in [0.2, 0.25) is 11.8 Å². The van der Waals surface area contributed by atoms with Gasteiger partial charge in [-0.3, -0.25) is 14.4 Å². The van der Waals surface area contributed by atoms with E-state index >= 15 is 0 Å². The number of phenols is 1. The summed E-state index contributed by atoms with van der Waals surface area (Å²) in [5.41, 5.74) is 6.00. The maximum Gasteiger partial charge on any atom is 0.408 e. The number of phenolic OH excluding ortho intramolecular Hbond substituents is 1. The van der Waals surface area contributed by atoms with Gasteiger partial charge in [-0.15, -0.1) is 0 Å². The van der Waals surface area contributed by atoms with Gasteiger partial charge in [0.25, 0.3) is 5.91 Å². The molecule has 0 aliphatic rings. The summed E-state index contributed by atoms with van der Waals surface area (Å²) in [4.78, 5) is 54.6. The van der Waals surface area contributed by atoms with E-state index in [-0.39, 0.29) is 5.75 Å². The van der Waals surface area contributed by atoms with E-state index in [1.54, 1.807) is 65.0 Å². The molecule has 10 nitrogen and oxygen atoms in total. The summed E-state index contributed by atoms with van der Waals surface area (Å²) in [6.45, 7) is 12.6. The number of nitrogens with one attached hydrogen (secondary N) is 2. The molecule has 2 aromatic rings. The number of benzene rings is 2. The summed E-state index contributed by atoms with van der Waals surface area (Å²) in [5, 5.41) is 16.0. The number of anilines is 1. The van der Waals surface area contributed by atoms with Crippen LogP contribution in [0.15, 0.2) is 42.5 Å². The predicted molar refractivity (Wildman–Crippen MR) is 163 cm³/mol. The zero-order valence-corrected chi connectivity index (χ0v) is 26.1. The molecular formula is C31H43ClN4O6. The lowest BCUT2D eigenvalue weighted by atomic mass is 9.96. The average molecular weight is 603 g/mol. The van der Waals surface area contributed by atoms with Gasteiger partial charge >= 0.3 is 6.09 Å². The number of halogens is 1. The molecule has 4 amide bonds. The lowest BCUT2D eigenvalue weighted by molar-refractivity contribution is -0.144. The van der Waals surface area contributed by atoms with E-state index in [1.807, 2.05) is 13.8 Å². The number of aryl methyl sites for hydroxylation is 1. The first-order chi connectivity index (χ1) is 19.5. The Balaban J connectivity index is 2.68. The standard InChI is InChI=1S/C31H43ClN4O6/c1-18(2)14-15-20(4)36(29(40)24(17-25(33)38)34-30(41)42-31(5,6)7)27(21-11-9-12-22(37)16-21)28(39)35-26-19(3)10-8-13-23(26)32/h8-13,16,18,20,24,27,37H,14-15,17H2,1-7H3,(H2,33,38)(H,34,41)(H,35,39). The molecule has 0 saturated carbocycles. The van der Waals surface area contributed by atoms with Crippen LogP contribution in [0.4, 0.5) is 10.5 Å². The fraction of sp³-hybridized carbons (Fsp3) is 0.484. The number of nitrogens with two attached hydrogens (primary N) is 1. The number of primary amides is 1. The van der Waals surface area contributed by atoms with E-state index in [0.29, 0.717) is 34.2 Å². The molecule has 11 heteroatoms. The van der Waals surface area contributed by atoms with Crippen LogP contribution >= 0.6 is 11.6 Å². The zero-order valence-electron chi connectivity index (χ0n) is 25.4. The first kappa shape index (κ1) is 34.4. The number of hydrogen-bond acceptors (Lipinski definition) is 6. The first-order valence-corrected chi connectivity index (χ1v) is 14.3. The van der Waals surface area contributed by atoms with Crippen LogP contribution in [0.5, 0.6) is 5.75 Å². The number of ether oxygens (including phenoxy) is 1. The first-order valence-electron chi connectivity index (χ1n) is 13.9. The van der Waals surface area contributed by atoms with Crippen LogP contribution in [-0.2, 0) is 19.1 Å². The third-order valence-electron chi connectivity index (χ3n) is 6.47. The highest BCUT2D eigenvalue weighted by Crippen LogP contribution is 2.32. The number of amides is 4. The van der Waals surface area contributed by atoms with Crippen molar-refractivity contribution in [2.75, 3.05) is 5.32 Å². The van der Waals surface area contributed by atoms with Gasteiger partial charge in [0.15, 0.2) is 0 Å². The molecule has 0 saturated heterocycles. The summed E-state index contributed by atoms with van der Waals surface area (Å²) in [6.07, 6.45) is -0.207. The van der Waals surface area contributed by atoms with E-state index in [4.69, 9.17) is 22.1 Å². The SMILES string of the molecule is Cc1cccc(Cl)c1NC(=O)C(c1cccc(O)c1)N(C(=O)C(CC(N)=O)NC(=O)OC(C)(C)C)C(C)CCC(C)C. The van der Waals surface area contributed by atoms with Crippen LogP contribution in [-0.4, -0.2) is 51.5 Å². The summed E-state index contributed by atoms with van der Waals surface area (Å²) in [7, 11) is 0. The minimum atomic E-state index is -1.42. The number of aromatic hydroxyl groups is 1. The van der Waals surface area contributed by atoms with Crippen molar-refractivity contribution in [1.82, 2.24) is 10.2 Å². The minimum absolute atomic E-state index is 0.109. The van der Waals surface area contributed by atoms with Gasteiger partial charge in [0, 0.05) is 6.04 Å². The van der Waals surface area contributed by atoms with Gasteiger partial charge in [0.05, 0.1) is 17.1 Å². The highest BCUT2D eigenvalue weighted by molar-refractivity contribution is 6.34. The predicted octanol–water partition coefficient (Wildman–Crippen LogP) is 5.46. The van der Waals surface area contributed by atoms with Crippen LogP contribution in [0.3, 0.4) is 0 Å². The Bertz CT molecular complexity index is 1260. The van der Waals surface area contributed by atoms with Crippen LogP contribution in [0, 0.1) is 12.8 Å². The Morgan fingerprint density at radius 1 is 1.05 bits per heavy atom. The molecule has 0 aliphatic heterocycles. The number of carbonyl (C=O) groups is 4. The van der Waals surface area contributed by atoms with Gasteiger partial charge in [-0.25, -0.2) is 4.79 Å². The van der Waals surface area contributed by atoms with Gasteiger partial charge in [-0.1, -0.05) is 49.7 Å². The van der Waals surface area contributed by atoms with E-state index in [1.165, 1.54) is 17.0 Å². The Hall–Kier alpha value is -3.79. The Morgan fingerprint density at radius 3 is 2.24 bits per heavy atom. The summed E-state index contributed by atoms with van der Waals surface area (Å²) in [6, 6.07) is 7.95. The van der Waals surface area contributed by atoms with E-state index in [2.05, 4.69) is 10.6 Å². The molecule has 0 heterocycles. The number of hydrogen-bond donors (Lipinski definition) is 4. The second-order valence-electron chi connectivity index (χ2n) is 11.9. The molecule has 0 aromatic heterocycles. The molecule has 0 spiro atoms. The highest BCUT2D eigenvalue weighted by atomic mass is 35.5. The van der Waals surface area contributed by atoms with E-state index in [0.717, 1.165) is 6.42 Å². The molecule has 3 atom stereocenters. The third kappa shape index (κ3) is 10.2. The maximum absolute atomic E-state index is 14.3. The van der Waals surface area contributed by atoms with Crippen molar-refractivity contribution in [2.24, 2.45) is 11.7 Å². The fourth-order valence-electron chi connectivity index (χ4n) is 4.46. The largest absolute Gasteiger partial charge is 0.508 e. The van der Waals surface area contributed by atoms with Gasteiger partial charge in [-0.05, 0) is 82.7 Å². The van der Waals surface area contributed by atoms with Crippen LogP contribution < -0.4 is 16.4 Å². The van der Waals surface area contributed by atoms with Crippen molar-refractivity contribution >= 4 is 41.1 Å². The minimum Gasteiger partial charge on any atom is -0.508 e. The summed E-state index contributed by atoms with van der Waals surface area (Å²) < 4.78 is 5.33. The fourth-order valence-corrected chi connectivity index (χ4v) is 4.73. The Morgan fingerprint density at radius 2 is 1.69 bits per heavy atom. The van der Waals surface area contributed by atoms with Crippen molar-refractivity contribution < 1.29 is 29.0 Å². The van der Waals surface area contributed by atoms with Crippen molar-refractivity contribution in [3.8, 4) is 5.75 Å². The zero-order chi connectivity index (χ0) is 31.8. The molecule has 0 aliphatic carbocycles. The number of nitrogens with zero attached hydrogens (tertiary/aromatic N) is 1. The molecule has 0 fully saturated rings. The molecule has 2 aromatic carbocycles. The van der Waals surface area contributed by atoms with Gasteiger partial charge in [0.1, 0.15) is 23.4 Å². The molecular weight excluding hydrogens is 560 g/mol. The monoisotopic (exact) mass is 602 g/mol. The quantitative estimate of drug-likeness (QED) is 0.253. The van der Waals surface area contributed by atoms with E-state index in [9.17, 15) is 24.3 Å². The lowest BCUT2D eigenvalue weighted by Gasteiger charge is -2.38. The normalized spacial score (nSPS) is 13.5. The molecule has 0 radical (unpaired) electrons. The number of carbonyl (C=O) groups excluding carboxylic acids is 4. The second kappa shape index (κ2) is 14.9. The van der Waals surface area contributed by atoms with Crippen molar-refractivity contribution in [3.05, 3.63) is 58.6 Å². The van der Waals surface area contributed by atoms with Crippen molar-refractivity contribution in [3.63, 3.8) is 0 Å².